The van der Waals surface area contributed by atoms with Gasteiger partial charge in [-0.1, -0.05) is 28.9 Å². The van der Waals surface area contributed by atoms with Crippen LogP contribution in [0, 0.1) is 0 Å². The molecule has 2 rings (SSSR count). The summed E-state index contributed by atoms with van der Waals surface area (Å²) in [4.78, 5) is 0. The number of rotatable bonds is 7. The van der Waals surface area contributed by atoms with E-state index in [2.05, 4.69) is 34.2 Å². The van der Waals surface area contributed by atoms with Gasteiger partial charge in [-0.15, -0.1) is 0 Å². The second kappa shape index (κ2) is 8.05. The summed E-state index contributed by atoms with van der Waals surface area (Å²) in [6.45, 7) is 3.93. The van der Waals surface area contributed by atoms with Gasteiger partial charge in [-0.25, -0.2) is 0 Å². The summed E-state index contributed by atoms with van der Waals surface area (Å²) < 4.78 is 12.3. The predicted molar refractivity (Wildman–Crippen MR) is 89.2 cm³/mol. The highest BCUT2D eigenvalue weighted by Gasteiger charge is 2.06. The molecule has 21 heavy (non-hydrogen) atoms. The Morgan fingerprint density at radius 2 is 1.90 bits per heavy atom. The van der Waals surface area contributed by atoms with Crippen LogP contribution in [0.3, 0.4) is 0 Å². The van der Waals surface area contributed by atoms with Crippen LogP contribution in [0.1, 0.15) is 18.9 Å². The lowest BCUT2D eigenvalue weighted by Gasteiger charge is -2.13. The molecule has 0 fully saturated rings. The zero-order valence-electron chi connectivity index (χ0n) is 12.4. The highest BCUT2D eigenvalue weighted by atomic mass is 79.9. The van der Waals surface area contributed by atoms with Crippen LogP contribution >= 0.6 is 15.9 Å². The largest absolute Gasteiger partial charge is 0.497 e. The van der Waals surface area contributed by atoms with Gasteiger partial charge < -0.3 is 14.8 Å². The maximum atomic E-state index is 6.00. The molecule has 2 aromatic rings. The van der Waals surface area contributed by atoms with Gasteiger partial charge in [0.2, 0.25) is 0 Å². The van der Waals surface area contributed by atoms with Crippen LogP contribution in [0.5, 0.6) is 17.2 Å². The number of halogens is 1. The summed E-state index contributed by atoms with van der Waals surface area (Å²) >= 11 is 3.51. The molecule has 0 aromatic heterocycles. The Labute approximate surface area is 134 Å². The van der Waals surface area contributed by atoms with Gasteiger partial charge in [0.1, 0.15) is 17.2 Å². The van der Waals surface area contributed by atoms with Gasteiger partial charge >= 0.3 is 0 Å². The number of benzene rings is 2. The Morgan fingerprint density at radius 3 is 2.67 bits per heavy atom. The summed E-state index contributed by atoms with van der Waals surface area (Å²) in [5.74, 6) is 2.42. The van der Waals surface area contributed by atoms with Gasteiger partial charge in [0, 0.05) is 22.6 Å². The predicted octanol–water partition coefficient (Wildman–Crippen LogP) is 4.75. The number of methoxy groups -OCH3 is 1. The summed E-state index contributed by atoms with van der Waals surface area (Å²) in [5.41, 5.74) is 1.13. The molecule has 0 spiro atoms. The van der Waals surface area contributed by atoms with E-state index < -0.39 is 0 Å². The second-order valence-corrected chi connectivity index (χ2v) is 5.63. The molecule has 4 heteroatoms. The molecule has 0 heterocycles. The standard InChI is InChI=1S/C17H20BrNO2/c1-3-9-19-12-13-10-14(18)7-8-17(13)21-16-6-4-5-15(11-16)20-2/h4-8,10-11,19H,3,9,12H2,1-2H3. The molecule has 112 valence electrons. The topological polar surface area (TPSA) is 30.5 Å². The van der Waals surface area contributed by atoms with Crippen molar-refractivity contribution in [1.82, 2.24) is 5.32 Å². The summed E-state index contributed by atoms with van der Waals surface area (Å²) in [6, 6.07) is 13.7. The minimum absolute atomic E-state index is 0.772. The quantitative estimate of drug-likeness (QED) is 0.731. The van der Waals surface area contributed by atoms with Crippen molar-refractivity contribution in [2.45, 2.75) is 19.9 Å². The average molecular weight is 350 g/mol. The first-order chi connectivity index (χ1) is 10.2. The van der Waals surface area contributed by atoms with Gasteiger partial charge in [-0.2, -0.15) is 0 Å². The van der Waals surface area contributed by atoms with Crippen LogP contribution in [0.15, 0.2) is 46.9 Å². The van der Waals surface area contributed by atoms with E-state index in [1.165, 1.54) is 0 Å². The lowest BCUT2D eigenvalue weighted by Crippen LogP contribution is -2.14. The SMILES string of the molecule is CCCNCc1cc(Br)ccc1Oc1cccc(OC)c1. The van der Waals surface area contributed by atoms with Gasteiger partial charge in [-0.3, -0.25) is 0 Å². The fraction of sp³-hybridized carbons (Fsp3) is 0.294. The molecule has 0 aliphatic carbocycles. The van der Waals surface area contributed by atoms with Crippen molar-refractivity contribution in [1.29, 1.82) is 0 Å². The summed E-state index contributed by atoms with van der Waals surface area (Å²) in [5, 5.41) is 3.40. The average Bonchev–Trinajstić information content (AvgIpc) is 2.50. The van der Waals surface area contributed by atoms with E-state index in [1.54, 1.807) is 7.11 Å². The number of hydrogen-bond donors (Lipinski definition) is 1. The van der Waals surface area contributed by atoms with Crippen molar-refractivity contribution < 1.29 is 9.47 Å². The van der Waals surface area contributed by atoms with Gasteiger partial charge in [0.15, 0.2) is 0 Å². The molecule has 0 atom stereocenters. The van der Waals surface area contributed by atoms with Crippen molar-refractivity contribution in [3.05, 3.63) is 52.5 Å². The van der Waals surface area contributed by atoms with Crippen molar-refractivity contribution >= 4 is 15.9 Å². The molecule has 0 aliphatic rings. The molecular formula is C17H20BrNO2. The van der Waals surface area contributed by atoms with Crippen molar-refractivity contribution in [3.63, 3.8) is 0 Å². The fourth-order valence-corrected chi connectivity index (χ4v) is 2.39. The number of ether oxygens (including phenoxy) is 2. The van der Waals surface area contributed by atoms with Crippen molar-refractivity contribution in [2.75, 3.05) is 13.7 Å². The fourth-order valence-electron chi connectivity index (χ4n) is 1.98. The van der Waals surface area contributed by atoms with Crippen molar-refractivity contribution in [2.24, 2.45) is 0 Å². The molecular weight excluding hydrogens is 330 g/mol. The highest BCUT2D eigenvalue weighted by Crippen LogP contribution is 2.29. The van der Waals surface area contributed by atoms with Crippen LogP contribution in [-0.4, -0.2) is 13.7 Å². The monoisotopic (exact) mass is 349 g/mol. The van der Waals surface area contributed by atoms with Crippen LogP contribution in [-0.2, 0) is 6.54 Å². The molecule has 0 saturated heterocycles. The molecule has 0 bridgehead atoms. The first-order valence-corrected chi connectivity index (χ1v) is 7.83. The first-order valence-electron chi connectivity index (χ1n) is 7.04. The zero-order valence-corrected chi connectivity index (χ0v) is 13.9. The summed E-state index contributed by atoms with van der Waals surface area (Å²) in [7, 11) is 1.65. The van der Waals surface area contributed by atoms with E-state index in [0.29, 0.717) is 0 Å². The third-order valence-electron chi connectivity index (χ3n) is 3.03. The highest BCUT2D eigenvalue weighted by molar-refractivity contribution is 9.10. The van der Waals surface area contributed by atoms with E-state index in [-0.39, 0.29) is 0 Å². The molecule has 0 saturated carbocycles. The Hall–Kier alpha value is -1.52. The number of hydrogen-bond acceptors (Lipinski definition) is 3. The molecule has 0 amide bonds. The van der Waals surface area contributed by atoms with E-state index in [9.17, 15) is 0 Å². The van der Waals surface area contributed by atoms with Gasteiger partial charge in [0.25, 0.3) is 0 Å². The smallest absolute Gasteiger partial charge is 0.131 e. The van der Waals surface area contributed by atoms with E-state index in [0.717, 1.165) is 46.8 Å². The molecule has 3 nitrogen and oxygen atoms in total. The summed E-state index contributed by atoms with van der Waals surface area (Å²) in [6.07, 6.45) is 1.11. The maximum absolute atomic E-state index is 6.00. The Kier molecular flexibility index (Phi) is 6.08. The first kappa shape index (κ1) is 15.9. The maximum Gasteiger partial charge on any atom is 0.131 e. The Bertz CT molecular complexity index is 587. The zero-order chi connectivity index (χ0) is 15.1. The van der Waals surface area contributed by atoms with Gasteiger partial charge in [-0.05, 0) is 43.3 Å². The number of nitrogens with one attached hydrogen (secondary N) is 1. The lowest BCUT2D eigenvalue weighted by atomic mass is 10.2. The molecule has 0 radical (unpaired) electrons. The van der Waals surface area contributed by atoms with E-state index in [1.807, 2.05) is 36.4 Å². The normalized spacial score (nSPS) is 10.4. The minimum atomic E-state index is 0.772. The van der Waals surface area contributed by atoms with Crippen LogP contribution in [0.4, 0.5) is 0 Å². The molecule has 2 aromatic carbocycles. The molecule has 0 aliphatic heterocycles. The lowest BCUT2D eigenvalue weighted by molar-refractivity contribution is 0.408. The van der Waals surface area contributed by atoms with Gasteiger partial charge in [0.05, 0.1) is 7.11 Å². The van der Waals surface area contributed by atoms with Crippen molar-refractivity contribution in [3.8, 4) is 17.2 Å². The van der Waals surface area contributed by atoms with E-state index in [4.69, 9.17) is 9.47 Å². The Balaban J connectivity index is 2.17. The van der Waals surface area contributed by atoms with Crippen LogP contribution in [0.2, 0.25) is 0 Å². The van der Waals surface area contributed by atoms with Crippen LogP contribution < -0.4 is 14.8 Å². The third kappa shape index (κ3) is 4.76. The Morgan fingerprint density at radius 1 is 1.10 bits per heavy atom. The van der Waals surface area contributed by atoms with Crippen LogP contribution in [0.25, 0.3) is 0 Å². The minimum Gasteiger partial charge on any atom is -0.497 e. The second-order valence-electron chi connectivity index (χ2n) is 4.71. The molecule has 0 unspecified atom stereocenters. The van der Waals surface area contributed by atoms with E-state index >= 15 is 0 Å². The third-order valence-corrected chi connectivity index (χ3v) is 3.53. The molecule has 1 N–H and O–H groups in total.